The Morgan fingerprint density at radius 1 is 1.33 bits per heavy atom. The number of carbonyl (C=O) groups is 1. The Morgan fingerprint density at radius 3 is 2.62 bits per heavy atom. The molecule has 2 atom stereocenters. The maximum absolute atomic E-state index is 12.7. The van der Waals surface area contributed by atoms with E-state index in [1.807, 2.05) is 4.90 Å². The highest BCUT2D eigenvalue weighted by Gasteiger charge is 2.37. The van der Waals surface area contributed by atoms with Gasteiger partial charge in [0.15, 0.2) is 0 Å². The smallest absolute Gasteiger partial charge is 0.335 e. The molecule has 2 fully saturated rings. The monoisotopic (exact) mass is 290 g/mol. The summed E-state index contributed by atoms with van der Waals surface area (Å²) in [6.07, 6.45) is 6.70. The second-order valence-corrected chi connectivity index (χ2v) is 6.11. The highest BCUT2D eigenvalue weighted by atomic mass is 16.4. The molecule has 114 valence electrons. The van der Waals surface area contributed by atoms with Crippen molar-refractivity contribution in [2.75, 3.05) is 6.54 Å². The van der Waals surface area contributed by atoms with E-state index in [4.69, 9.17) is 4.42 Å². The fourth-order valence-corrected chi connectivity index (χ4v) is 3.62. The molecule has 21 heavy (non-hydrogen) atoms. The molecule has 1 aromatic heterocycles. The van der Waals surface area contributed by atoms with Crippen molar-refractivity contribution in [3.63, 3.8) is 0 Å². The average molecular weight is 290 g/mol. The molecule has 1 aromatic rings. The van der Waals surface area contributed by atoms with Gasteiger partial charge >= 0.3 is 5.63 Å². The lowest BCUT2D eigenvalue weighted by atomic mass is 9.97. The summed E-state index contributed by atoms with van der Waals surface area (Å²) < 4.78 is 4.83. The number of hydrogen-bond acceptors (Lipinski definition) is 4. The van der Waals surface area contributed by atoms with Crippen molar-refractivity contribution in [3.8, 4) is 0 Å². The van der Waals surface area contributed by atoms with Crippen LogP contribution in [0.3, 0.4) is 0 Å². The molecule has 3 rings (SSSR count). The lowest BCUT2D eigenvalue weighted by Gasteiger charge is -2.37. The Morgan fingerprint density at radius 2 is 2.05 bits per heavy atom. The van der Waals surface area contributed by atoms with Gasteiger partial charge in [-0.1, -0.05) is 6.92 Å². The lowest BCUT2D eigenvalue weighted by Crippen LogP contribution is -2.50. The van der Waals surface area contributed by atoms with Gasteiger partial charge in [0, 0.05) is 30.7 Å². The van der Waals surface area contributed by atoms with Gasteiger partial charge in [-0.2, -0.15) is 0 Å². The maximum Gasteiger partial charge on any atom is 0.335 e. The van der Waals surface area contributed by atoms with Crippen molar-refractivity contribution >= 4 is 5.91 Å². The van der Waals surface area contributed by atoms with E-state index in [9.17, 15) is 9.59 Å². The van der Waals surface area contributed by atoms with Gasteiger partial charge in [-0.25, -0.2) is 4.79 Å². The first-order chi connectivity index (χ1) is 10.2. The number of nitrogens with zero attached hydrogens (tertiary/aromatic N) is 1. The zero-order valence-corrected chi connectivity index (χ0v) is 12.4. The molecule has 2 aliphatic heterocycles. The third-order valence-corrected chi connectivity index (χ3v) is 4.56. The Bertz CT molecular complexity index is 536. The Labute approximate surface area is 124 Å². The molecule has 0 radical (unpaired) electrons. The lowest BCUT2D eigenvalue weighted by molar-refractivity contribution is 0.0614. The molecule has 1 amide bonds. The van der Waals surface area contributed by atoms with E-state index in [0.29, 0.717) is 23.7 Å². The number of fused-ring (bicyclic) bond motifs is 2. The molecule has 2 unspecified atom stereocenters. The number of amides is 1. The predicted octanol–water partition coefficient (Wildman–Crippen LogP) is 1.77. The van der Waals surface area contributed by atoms with Crippen LogP contribution in [0.5, 0.6) is 0 Å². The van der Waals surface area contributed by atoms with Gasteiger partial charge in [0.1, 0.15) is 6.26 Å². The van der Waals surface area contributed by atoms with Crippen LogP contribution in [0.15, 0.2) is 27.6 Å². The largest absolute Gasteiger partial charge is 0.430 e. The van der Waals surface area contributed by atoms with Gasteiger partial charge in [0.05, 0.1) is 5.56 Å². The molecule has 0 aromatic carbocycles. The first-order valence-electron chi connectivity index (χ1n) is 7.83. The number of hydrogen-bond donors (Lipinski definition) is 1. The summed E-state index contributed by atoms with van der Waals surface area (Å²) >= 11 is 0. The van der Waals surface area contributed by atoms with Gasteiger partial charge in [-0.3, -0.25) is 4.79 Å². The fourth-order valence-electron chi connectivity index (χ4n) is 3.62. The van der Waals surface area contributed by atoms with Crippen LogP contribution in [0.4, 0.5) is 0 Å². The van der Waals surface area contributed by atoms with Crippen LogP contribution in [0.25, 0.3) is 0 Å². The molecular formula is C16H22N2O3. The number of carbonyl (C=O) groups excluding carboxylic acids is 1. The van der Waals surface area contributed by atoms with E-state index in [1.54, 1.807) is 6.07 Å². The van der Waals surface area contributed by atoms with Crippen molar-refractivity contribution in [2.24, 2.45) is 0 Å². The Kier molecular flexibility index (Phi) is 4.10. The zero-order valence-electron chi connectivity index (χ0n) is 12.4. The molecule has 5 heteroatoms. The van der Waals surface area contributed by atoms with E-state index in [0.717, 1.165) is 25.8 Å². The first kappa shape index (κ1) is 14.3. The predicted molar refractivity (Wildman–Crippen MR) is 79.3 cm³/mol. The van der Waals surface area contributed by atoms with Gasteiger partial charge in [0.2, 0.25) is 0 Å². The van der Waals surface area contributed by atoms with Crippen molar-refractivity contribution in [1.29, 1.82) is 0 Å². The third kappa shape index (κ3) is 3.02. The SMILES string of the molecule is CCCN(C(=O)c1ccc(=O)oc1)C1CC2CCC(C1)N2. The second-order valence-electron chi connectivity index (χ2n) is 6.11. The Hall–Kier alpha value is -1.62. The van der Waals surface area contributed by atoms with E-state index >= 15 is 0 Å². The molecule has 0 spiro atoms. The van der Waals surface area contributed by atoms with Gasteiger partial charge in [0.25, 0.3) is 5.91 Å². The number of rotatable bonds is 4. The minimum absolute atomic E-state index is 0.0214. The highest BCUT2D eigenvalue weighted by Crippen LogP contribution is 2.30. The van der Waals surface area contributed by atoms with Crippen molar-refractivity contribution in [1.82, 2.24) is 10.2 Å². The van der Waals surface area contributed by atoms with Crippen LogP contribution >= 0.6 is 0 Å². The maximum atomic E-state index is 12.7. The van der Waals surface area contributed by atoms with Crippen molar-refractivity contribution < 1.29 is 9.21 Å². The molecule has 5 nitrogen and oxygen atoms in total. The van der Waals surface area contributed by atoms with Crippen molar-refractivity contribution in [2.45, 2.75) is 57.2 Å². The number of nitrogens with one attached hydrogen (secondary N) is 1. The van der Waals surface area contributed by atoms with Crippen LogP contribution in [-0.4, -0.2) is 35.5 Å². The Balaban J connectivity index is 1.78. The standard InChI is InChI=1S/C16H22N2O3/c1-2-7-18(14-8-12-4-5-13(9-14)17-12)16(20)11-3-6-15(19)21-10-11/h3,6,10,12-14,17H,2,4-5,7-9H2,1H3. The van der Waals surface area contributed by atoms with Gasteiger partial charge in [-0.05, 0) is 38.2 Å². The number of piperidine rings is 1. The van der Waals surface area contributed by atoms with Crippen LogP contribution in [0.1, 0.15) is 49.4 Å². The van der Waals surface area contributed by atoms with Crippen LogP contribution in [0, 0.1) is 0 Å². The molecule has 1 N–H and O–H groups in total. The summed E-state index contributed by atoms with van der Waals surface area (Å²) in [5.41, 5.74) is 0.0439. The molecule has 3 heterocycles. The van der Waals surface area contributed by atoms with E-state index in [2.05, 4.69) is 12.2 Å². The summed E-state index contributed by atoms with van der Waals surface area (Å²) in [7, 11) is 0. The topological polar surface area (TPSA) is 62.6 Å². The first-order valence-corrected chi connectivity index (χ1v) is 7.83. The summed E-state index contributed by atoms with van der Waals surface area (Å²) in [5, 5.41) is 3.61. The van der Waals surface area contributed by atoms with E-state index in [-0.39, 0.29) is 5.91 Å². The molecule has 0 saturated carbocycles. The summed E-state index contributed by atoms with van der Waals surface area (Å²) in [6, 6.07) is 4.27. The average Bonchev–Trinajstić information content (AvgIpc) is 2.83. The minimum atomic E-state index is -0.423. The molecule has 2 aliphatic rings. The second kappa shape index (κ2) is 6.02. The zero-order chi connectivity index (χ0) is 14.8. The van der Waals surface area contributed by atoms with E-state index < -0.39 is 5.63 Å². The van der Waals surface area contributed by atoms with Crippen molar-refractivity contribution in [3.05, 3.63) is 34.4 Å². The minimum Gasteiger partial charge on any atom is -0.430 e. The highest BCUT2D eigenvalue weighted by molar-refractivity contribution is 5.94. The van der Waals surface area contributed by atoms with Gasteiger partial charge in [-0.15, -0.1) is 0 Å². The molecule has 2 bridgehead atoms. The van der Waals surface area contributed by atoms with Crippen LogP contribution in [0.2, 0.25) is 0 Å². The molecule has 0 aliphatic carbocycles. The van der Waals surface area contributed by atoms with E-state index in [1.165, 1.54) is 25.2 Å². The van der Waals surface area contributed by atoms with Crippen LogP contribution in [-0.2, 0) is 0 Å². The summed E-state index contributed by atoms with van der Waals surface area (Å²) in [5.74, 6) is -0.0214. The normalized spacial score (nSPS) is 27.6. The quantitative estimate of drug-likeness (QED) is 0.918. The van der Waals surface area contributed by atoms with Gasteiger partial charge < -0.3 is 14.6 Å². The summed E-state index contributed by atoms with van der Waals surface area (Å²) in [6.45, 7) is 2.84. The summed E-state index contributed by atoms with van der Waals surface area (Å²) in [4.78, 5) is 25.7. The molecule has 2 saturated heterocycles. The molecular weight excluding hydrogens is 268 g/mol. The third-order valence-electron chi connectivity index (χ3n) is 4.56. The fraction of sp³-hybridized carbons (Fsp3) is 0.625. The van der Waals surface area contributed by atoms with Crippen LogP contribution < -0.4 is 10.9 Å².